The first kappa shape index (κ1) is 10.3. The van der Waals surface area contributed by atoms with E-state index >= 15 is 0 Å². The lowest BCUT2D eigenvalue weighted by atomic mass is 9.89. The van der Waals surface area contributed by atoms with Crippen LogP contribution >= 0.6 is 0 Å². The van der Waals surface area contributed by atoms with Crippen molar-refractivity contribution in [2.45, 2.75) is 18.1 Å². The van der Waals surface area contributed by atoms with E-state index in [1.54, 1.807) is 0 Å². The number of hydrogen-bond donors (Lipinski definition) is 1. The van der Waals surface area contributed by atoms with Gasteiger partial charge >= 0.3 is 0 Å². The fourth-order valence-electron chi connectivity index (χ4n) is 2.65. The maximum absolute atomic E-state index is 5.99. The van der Waals surface area contributed by atoms with Crippen LogP contribution in [0.3, 0.4) is 0 Å². The summed E-state index contributed by atoms with van der Waals surface area (Å²) in [5.41, 5.74) is 0.983. The number of morpholine rings is 1. The Balaban J connectivity index is 1.94. The Morgan fingerprint density at radius 2 is 2.50 bits per heavy atom. The maximum atomic E-state index is 5.99. The van der Waals surface area contributed by atoms with Gasteiger partial charge in [-0.1, -0.05) is 0 Å². The van der Waals surface area contributed by atoms with Crippen molar-refractivity contribution in [2.75, 3.05) is 26.4 Å². The molecule has 3 heterocycles. The van der Waals surface area contributed by atoms with Gasteiger partial charge in [-0.25, -0.2) is 4.98 Å². The van der Waals surface area contributed by atoms with Crippen LogP contribution in [-0.4, -0.2) is 41.5 Å². The molecule has 16 heavy (non-hydrogen) atoms. The number of nitrogens with zero attached hydrogens (tertiary/aromatic N) is 2. The van der Waals surface area contributed by atoms with Gasteiger partial charge in [0.15, 0.2) is 0 Å². The molecular formula is C11H17N3O2. The van der Waals surface area contributed by atoms with Gasteiger partial charge in [0.05, 0.1) is 31.3 Å². The molecule has 5 nitrogen and oxygen atoms in total. The molecular weight excluding hydrogens is 206 g/mol. The van der Waals surface area contributed by atoms with Crippen LogP contribution in [0.1, 0.15) is 18.2 Å². The van der Waals surface area contributed by atoms with Crippen LogP contribution in [0.5, 0.6) is 0 Å². The summed E-state index contributed by atoms with van der Waals surface area (Å²) in [6.07, 6.45) is 4.69. The first-order chi connectivity index (χ1) is 7.82. The number of nitrogens with one attached hydrogen (secondary N) is 1. The van der Waals surface area contributed by atoms with E-state index < -0.39 is 0 Å². The smallest absolute Gasteiger partial charge is 0.115 e. The Labute approximate surface area is 94.8 Å². The highest BCUT2D eigenvalue weighted by atomic mass is 16.6. The molecule has 2 unspecified atom stereocenters. The molecule has 2 aliphatic rings. The second-order valence-electron chi connectivity index (χ2n) is 4.53. The highest BCUT2D eigenvalue weighted by molar-refractivity contribution is 5.14. The van der Waals surface area contributed by atoms with Crippen LogP contribution in [0.25, 0.3) is 0 Å². The van der Waals surface area contributed by atoms with E-state index in [4.69, 9.17) is 9.47 Å². The van der Waals surface area contributed by atoms with Crippen molar-refractivity contribution in [3.8, 4) is 0 Å². The number of aryl methyl sites for hydroxylation is 1. The summed E-state index contributed by atoms with van der Waals surface area (Å²) in [5.74, 6) is 0. The first-order valence-electron chi connectivity index (χ1n) is 5.73. The Kier molecular flexibility index (Phi) is 2.46. The van der Waals surface area contributed by atoms with E-state index in [9.17, 15) is 0 Å². The van der Waals surface area contributed by atoms with Gasteiger partial charge in [-0.2, -0.15) is 0 Å². The molecule has 2 atom stereocenters. The number of ether oxygens (including phenoxy) is 2. The molecule has 2 saturated heterocycles. The van der Waals surface area contributed by atoms with E-state index in [1.165, 1.54) is 5.69 Å². The molecule has 0 bridgehead atoms. The lowest BCUT2D eigenvalue weighted by Gasteiger charge is -2.40. The van der Waals surface area contributed by atoms with Gasteiger partial charge in [0.25, 0.3) is 0 Å². The van der Waals surface area contributed by atoms with Crippen molar-refractivity contribution < 1.29 is 9.47 Å². The van der Waals surface area contributed by atoms with Crippen molar-refractivity contribution in [2.24, 2.45) is 7.05 Å². The second-order valence-corrected chi connectivity index (χ2v) is 4.53. The minimum atomic E-state index is -0.188. The molecule has 2 fully saturated rings. The lowest BCUT2D eigenvalue weighted by Crippen LogP contribution is -2.53. The minimum Gasteiger partial charge on any atom is -0.378 e. The molecule has 0 aromatic carbocycles. The first-order valence-corrected chi connectivity index (χ1v) is 5.73. The Morgan fingerprint density at radius 3 is 3.19 bits per heavy atom. The number of aromatic nitrogens is 2. The quantitative estimate of drug-likeness (QED) is 0.741. The Morgan fingerprint density at radius 1 is 1.56 bits per heavy atom. The molecule has 1 N–H and O–H groups in total. The zero-order valence-electron chi connectivity index (χ0n) is 9.48. The van der Waals surface area contributed by atoms with Gasteiger partial charge in [-0.3, -0.25) is 0 Å². The van der Waals surface area contributed by atoms with Crippen LogP contribution < -0.4 is 5.32 Å². The molecule has 88 valence electrons. The highest BCUT2D eigenvalue weighted by Gasteiger charge is 2.47. The molecule has 5 heteroatoms. The topological polar surface area (TPSA) is 48.3 Å². The van der Waals surface area contributed by atoms with Crippen molar-refractivity contribution >= 4 is 0 Å². The van der Waals surface area contributed by atoms with Gasteiger partial charge in [-0.05, 0) is 0 Å². The monoisotopic (exact) mass is 223 g/mol. The zero-order chi connectivity index (χ0) is 11.0. The molecule has 0 saturated carbocycles. The van der Waals surface area contributed by atoms with E-state index in [0.717, 1.165) is 26.2 Å². The summed E-state index contributed by atoms with van der Waals surface area (Å²) >= 11 is 0. The summed E-state index contributed by atoms with van der Waals surface area (Å²) in [6.45, 7) is 3.11. The largest absolute Gasteiger partial charge is 0.378 e. The predicted octanol–water partition coefficient (Wildman–Crippen LogP) is 0.240. The van der Waals surface area contributed by atoms with Gasteiger partial charge in [0.1, 0.15) is 5.60 Å². The van der Waals surface area contributed by atoms with Gasteiger partial charge in [0.2, 0.25) is 0 Å². The molecule has 0 aliphatic carbocycles. The number of hydrogen-bond acceptors (Lipinski definition) is 4. The third-order valence-electron chi connectivity index (χ3n) is 3.53. The molecule has 3 rings (SSSR count). The summed E-state index contributed by atoms with van der Waals surface area (Å²) in [7, 11) is 2.02. The number of imidazole rings is 1. The zero-order valence-corrected chi connectivity index (χ0v) is 9.48. The second kappa shape index (κ2) is 3.84. The fourth-order valence-corrected chi connectivity index (χ4v) is 2.65. The summed E-state index contributed by atoms with van der Waals surface area (Å²) in [5, 5.41) is 3.53. The highest BCUT2D eigenvalue weighted by Crippen LogP contribution is 2.37. The molecule has 1 aromatic rings. The van der Waals surface area contributed by atoms with E-state index in [1.807, 2.05) is 24.1 Å². The summed E-state index contributed by atoms with van der Waals surface area (Å²) in [6, 6.07) is 0.191. The minimum absolute atomic E-state index is 0.188. The van der Waals surface area contributed by atoms with Crippen LogP contribution in [0.2, 0.25) is 0 Å². The van der Waals surface area contributed by atoms with Crippen LogP contribution in [0.4, 0.5) is 0 Å². The molecule has 0 amide bonds. The standard InChI is InChI=1S/C11H17N3O2/c1-14-8-12-6-9(14)10-11(2-4-15-7-11)16-5-3-13-10/h6,8,10,13H,2-5,7H2,1H3. The molecule has 0 radical (unpaired) electrons. The summed E-state index contributed by atoms with van der Waals surface area (Å²) in [4.78, 5) is 4.18. The van der Waals surface area contributed by atoms with Crippen molar-refractivity contribution in [1.82, 2.24) is 14.9 Å². The van der Waals surface area contributed by atoms with E-state index in [0.29, 0.717) is 6.61 Å². The molecule has 2 aliphatic heterocycles. The third kappa shape index (κ3) is 1.47. The average molecular weight is 223 g/mol. The Bertz CT molecular complexity index is 371. The molecule has 1 aromatic heterocycles. The van der Waals surface area contributed by atoms with Crippen molar-refractivity contribution in [3.05, 3.63) is 18.2 Å². The van der Waals surface area contributed by atoms with Crippen LogP contribution in [0, 0.1) is 0 Å². The lowest BCUT2D eigenvalue weighted by molar-refractivity contribution is -0.100. The SMILES string of the molecule is Cn1cncc1C1NCCOC12CCOC2. The predicted molar refractivity (Wildman–Crippen MR) is 58.1 cm³/mol. The van der Waals surface area contributed by atoms with Crippen molar-refractivity contribution in [3.63, 3.8) is 0 Å². The van der Waals surface area contributed by atoms with Crippen LogP contribution in [-0.2, 0) is 16.5 Å². The van der Waals surface area contributed by atoms with E-state index in [-0.39, 0.29) is 11.6 Å². The average Bonchev–Trinajstić information content (AvgIpc) is 2.90. The normalized spacial score (nSPS) is 34.7. The number of rotatable bonds is 1. The molecule has 1 spiro atoms. The van der Waals surface area contributed by atoms with Gasteiger partial charge < -0.3 is 19.4 Å². The van der Waals surface area contributed by atoms with E-state index in [2.05, 4.69) is 10.3 Å². The summed E-state index contributed by atoms with van der Waals surface area (Å²) < 4.78 is 13.5. The fraction of sp³-hybridized carbons (Fsp3) is 0.727. The van der Waals surface area contributed by atoms with Crippen LogP contribution in [0.15, 0.2) is 12.5 Å². The third-order valence-corrected chi connectivity index (χ3v) is 3.53. The van der Waals surface area contributed by atoms with Gasteiger partial charge in [0, 0.05) is 32.8 Å². The maximum Gasteiger partial charge on any atom is 0.115 e. The Hall–Kier alpha value is -0.910. The van der Waals surface area contributed by atoms with Gasteiger partial charge in [-0.15, -0.1) is 0 Å². The van der Waals surface area contributed by atoms with Crippen molar-refractivity contribution in [1.29, 1.82) is 0 Å².